The molecular weight excluding hydrogens is 518 g/mol. The van der Waals surface area contributed by atoms with Crippen LogP contribution in [-0.4, -0.2) is 41.6 Å². The number of nitrogens with zero attached hydrogens (tertiary/aromatic N) is 7. The Labute approximate surface area is 212 Å². The van der Waals surface area contributed by atoms with Crippen LogP contribution in [0.1, 0.15) is 35.7 Å². The Bertz CT molecular complexity index is 1470. The van der Waals surface area contributed by atoms with Gasteiger partial charge in [0.15, 0.2) is 23.2 Å². The summed E-state index contributed by atoms with van der Waals surface area (Å²) in [4.78, 5) is 24.7. The van der Waals surface area contributed by atoms with Gasteiger partial charge in [-0.15, -0.1) is 0 Å². The molecule has 4 aromatic rings. The molecule has 0 spiro atoms. The van der Waals surface area contributed by atoms with Crippen molar-refractivity contribution in [1.29, 1.82) is 0 Å². The highest BCUT2D eigenvalue weighted by atomic mass is 35.5. The van der Waals surface area contributed by atoms with Crippen LogP contribution < -0.4 is 9.47 Å². The fourth-order valence-electron chi connectivity index (χ4n) is 3.71. The molecule has 0 radical (unpaired) electrons. The fourth-order valence-corrected chi connectivity index (χ4v) is 3.94. The Morgan fingerprint density at radius 3 is 2.57 bits per heavy atom. The van der Waals surface area contributed by atoms with E-state index in [9.17, 15) is 17.6 Å². The third-order valence-electron chi connectivity index (χ3n) is 5.64. The van der Waals surface area contributed by atoms with Gasteiger partial charge >= 0.3 is 6.18 Å². The molecular formula is C23H18ClF4N7O2. The van der Waals surface area contributed by atoms with E-state index < -0.39 is 22.8 Å². The predicted octanol–water partition coefficient (Wildman–Crippen LogP) is 5.01. The summed E-state index contributed by atoms with van der Waals surface area (Å²) < 4.78 is 66.2. The summed E-state index contributed by atoms with van der Waals surface area (Å²) in [5, 5.41) is -0.666. The number of hydrogen-bond acceptors (Lipinski definition) is 8. The average molecular weight is 536 g/mol. The molecule has 4 heterocycles. The largest absolute Gasteiger partial charge is 0.480 e. The van der Waals surface area contributed by atoms with Crippen LogP contribution in [0.2, 0.25) is 5.15 Å². The minimum atomic E-state index is -4.79. The van der Waals surface area contributed by atoms with Crippen molar-refractivity contribution >= 4 is 11.6 Å². The van der Waals surface area contributed by atoms with Gasteiger partial charge in [0.05, 0.1) is 12.8 Å². The summed E-state index contributed by atoms with van der Waals surface area (Å²) >= 11 is 5.74. The zero-order chi connectivity index (χ0) is 26.3. The van der Waals surface area contributed by atoms with Gasteiger partial charge < -0.3 is 14.0 Å². The molecule has 0 aromatic carbocycles. The number of rotatable bonds is 7. The van der Waals surface area contributed by atoms with E-state index in [0.29, 0.717) is 22.8 Å². The lowest BCUT2D eigenvalue weighted by Gasteiger charge is -2.12. The van der Waals surface area contributed by atoms with Crippen molar-refractivity contribution in [2.24, 2.45) is 7.05 Å². The van der Waals surface area contributed by atoms with E-state index in [1.165, 1.54) is 38.9 Å². The Balaban J connectivity index is 1.37. The number of alkyl halides is 3. The van der Waals surface area contributed by atoms with Gasteiger partial charge in [0.1, 0.15) is 29.3 Å². The Hall–Kier alpha value is -3.87. The Morgan fingerprint density at radius 2 is 1.92 bits per heavy atom. The molecule has 192 valence electrons. The maximum atomic E-state index is 14.8. The second-order valence-corrected chi connectivity index (χ2v) is 8.59. The van der Waals surface area contributed by atoms with Gasteiger partial charge in [-0.1, -0.05) is 11.6 Å². The van der Waals surface area contributed by atoms with Crippen molar-refractivity contribution in [1.82, 2.24) is 34.5 Å². The average Bonchev–Trinajstić information content (AvgIpc) is 3.68. The number of ether oxygens (including phenoxy) is 2. The third-order valence-corrected chi connectivity index (χ3v) is 6.08. The molecule has 14 heteroatoms. The molecule has 5 rings (SSSR count). The zero-order valence-corrected chi connectivity index (χ0v) is 20.2. The number of halogens is 5. The quantitative estimate of drug-likeness (QED) is 0.305. The van der Waals surface area contributed by atoms with E-state index in [0.717, 1.165) is 29.2 Å². The molecule has 1 saturated carbocycles. The number of pyridine rings is 1. The van der Waals surface area contributed by atoms with Gasteiger partial charge in [0.25, 0.3) is 0 Å². The number of aromatic nitrogens is 7. The first-order valence-corrected chi connectivity index (χ1v) is 11.3. The molecule has 1 aliphatic rings. The number of imidazole rings is 1. The minimum Gasteiger partial charge on any atom is -0.480 e. The molecule has 0 bridgehead atoms. The Morgan fingerprint density at radius 1 is 1.14 bits per heavy atom. The van der Waals surface area contributed by atoms with Gasteiger partial charge in [0, 0.05) is 37.0 Å². The van der Waals surface area contributed by atoms with E-state index in [1.54, 1.807) is 0 Å². The van der Waals surface area contributed by atoms with Crippen LogP contribution in [0.25, 0.3) is 22.9 Å². The van der Waals surface area contributed by atoms with Gasteiger partial charge in [0.2, 0.25) is 11.8 Å². The first kappa shape index (κ1) is 24.8. The smallest absolute Gasteiger partial charge is 0.436 e. The molecule has 0 saturated heterocycles. The Kier molecular flexibility index (Phi) is 6.40. The first-order chi connectivity index (χ1) is 17.7. The van der Waals surface area contributed by atoms with E-state index in [4.69, 9.17) is 21.1 Å². The number of hydrogen-bond donors (Lipinski definition) is 0. The molecule has 0 aliphatic heterocycles. The standard InChI is InChI=1S/C23H18ClF4N7O2/c1-35-19(24)18(23(26,27)28)34-21(35)17-13(25)7-11(8-30-17)9-37-14-5-6-29-20(33-14)15-16(12-3-4-12)31-10-32-22(15)36-2/h5-8,10,12H,3-4,9H2,1-2H3. The maximum absolute atomic E-state index is 14.8. The van der Waals surface area contributed by atoms with Crippen molar-refractivity contribution in [3.63, 3.8) is 0 Å². The van der Waals surface area contributed by atoms with Gasteiger partial charge in [-0.25, -0.2) is 29.3 Å². The molecule has 4 aromatic heterocycles. The van der Waals surface area contributed by atoms with Gasteiger partial charge in [-0.2, -0.15) is 18.2 Å². The zero-order valence-electron chi connectivity index (χ0n) is 19.4. The van der Waals surface area contributed by atoms with E-state index in [2.05, 4.69) is 29.9 Å². The molecule has 0 atom stereocenters. The normalized spacial score (nSPS) is 13.6. The lowest BCUT2D eigenvalue weighted by atomic mass is 10.1. The SMILES string of the molecule is COc1ncnc(C2CC2)c1-c1nccc(OCc2cnc(-c3nc(C(F)(F)F)c(Cl)n3C)c(F)c2)n1. The molecule has 0 N–H and O–H groups in total. The van der Waals surface area contributed by atoms with Crippen LogP contribution >= 0.6 is 11.6 Å². The van der Waals surface area contributed by atoms with Crippen molar-refractivity contribution in [2.45, 2.75) is 31.5 Å². The topological polar surface area (TPSA) is 101 Å². The highest BCUT2D eigenvalue weighted by Gasteiger charge is 2.39. The summed E-state index contributed by atoms with van der Waals surface area (Å²) in [6, 6.07) is 2.63. The molecule has 1 aliphatic carbocycles. The van der Waals surface area contributed by atoms with Gasteiger partial charge in [-0.3, -0.25) is 0 Å². The predicted molar refractivity (Wildman–Crippen MR) is 122 cm³/mol. The monoisotopic (exact) mass is 535 g/mol. The summed E-state index contributed by atoms with van der Waals surface area (Å²) in [5.74, 6) is -0.0830. The molecule has 0 unspecified atom stereocenters. The lowest BCUT2D eigenvalue weighted by molar-refractivity contribution is -0.140. The molecule has 37 heavy (non-hydrogen) atoms. The maximum Gasteiger partial charge on any atom is 0.436 e. The van der Waals surface area contributed by atoms with Crippen LogP contribution in [0, 0.1) is 5.82 Å². The van der Waals surface area contributed by atoms with Crippen LogP contribution in [0.5, 0.6) is 11.8 Å². The van der Waals surface area contributed by atoms with Crippen molar-refractivity contribution in [3.05, 3.63) is 58.8 Å². The lowest BCUT2D eigenvalue weighted by Crippen LogP contribution is -2.06. The second-order valence-electron chi connectivity index (χ2n) is 8.23. The van der Waals surface area contributed by atoms with Crippen LogP contribution in [0.15, 0.2) is 30.9 Å². The van der Waals surface area contributed by atoms with Crippen LogP contribution in [0.3, 0.4) is 0 Å². The van der Waals surface area contributed by atoms with Crippen molar-refractivity contribution in [3.8, 4) is 34.7 Å². The summed E-state index contributed by atoms with van der Waals surface area (Å²) in [6.45, 7) is -0.117. The van der Waals surface area contributed by atoms with E-state index >= 15 is 0 Å². The molecule has 0 amide bonds. The molecule has 1 fully saturated rings. The van der Waals surface area contributed by atoms with Crippen molar-refractivity contribution < 1.29 is 27.0 Å². The minimum absolute atomic E-state index is 0.117. The summed E-state index contributed by atoms with van der Waals surface area (Å²) in [6.07, 6.45) is 1.43. The third kappa shape index (κ3) is 4.90. The van der Waals surface area contributed by atoms with Crippen LogP contribution in [0.4, 0.5) is 17.6 Å². The highest BCUT2D eigenvalue weighted by Crippen LogP contribution is 2.45. The van der Waals surface area contributed by atoms with E-state index in [-0.39, 0.29) is 29.9 Å². The highest BCUT2D eigenvalue weighted by molar-refractivity contribution is 6.30. The van der Waals surface area contributed by atoms with Crippen LogP contribution in [-0.2, 0) is 19.8 Å². The van der Waals surface area contributed by atoms with Gasteiger partial charge in [-0.05, 0) is 18.9 Å². The number of methoxy groups -OCH3 is 1. The first-order valence-electron chi connectivity index (χ1n) is 11.0. The van der Waals surface area contributed by atoms with E-state index in [1.807, 2.05) is 0 Å². The summed E-state index contributed by atoms with van der Waals surface area (Å²) in [5.41, 5.74) is 0.00911. The van der Waals surface area contributed by atoms with Crippen molar-refractivity contribution in [2.75, 3.05) is 7.11 Å². The molecule has 9 nitrogen and oxygen atoms in total. The second kappa shape index (κ2) is 9.54. The fraction of sp³-hybridized carbons (Fsp3) is 0.304. The summed E-state index contributed by atoms with van der Waals surface area (Å²) in [7, 11) is 2.74.